The summed E-state index contributed by atoms with van der Waals surface area (Å²) in [6.45, 7) is 3.34. The Balaban J connectivity index is 1.20. The standard InChI is InChI=1S/C30H29N5O3/c1-19-13-22(4-8-29(19)38-23-5-7-27-26(16-23)33-18-35(27)2)34-30-24-14-20(3-6-25(24)31-17-32-30)15-28(36)21-9-11-37-12-10-21/h3-8,13-14,16-18,21H,9-12,15H2,1-2H3,(H,31,32,34). The number of fused-ring (bicyclic) bond motifs is 2. The minimum absolute atomic E-state index is 0.0821. The van der Waals surface area contributed by atoms with Gasteiger partial charge in [-0.1, -0.05) is 6.07 Å². The fraction of sp³-hybridized carbons (Fsp3) is 0.267. The number of benzene rings is 3. The number of aromatic nitrogens is 4. The van der Waals surface area contributed by atoms with Crippen LogP contribution in [0.1, 0.15) is 24.0 Å². The van der Waals surface area contributed by atoms with Crippen molar-refractivity contribution in [3.05, 3.63) is 78.4 Å². The zero-order valence-electron chi connectivity index (χ0n) is 21.5. The zero-order chi connectivity index (χ0) is 26.1. The molecular weight excluding hydrogens is 478 g/mol. The van der Waals surface area contributed by atoms with Crippen molar-refractivity contribution in [2.75, 3.05) is 18.5 Å². The summed E-state index contributed by atoms with van der Waals surface area (Å²) >= 11 is 0. The van der Waals surface area contributed by atoms with Crippen molar-refractivity contribution in [2.24, 2.45) is 13.0 Å². The molecule has 38 heavy (non-hydrogen) atoms. The summed E-state index contributed by atoms with van der Waals surface area (Å²) in [6, 6.07) is 17.8. The van der Waals surface area contributed by atoms with E-state index in [0.717, 1.165) is 63.1 Å². The molecule has 192 valence electrons. The maximum Gasteiger partial charge on any atom is 0.141 e. The largest absolute Gasteiger partial charge is 0.457 e. The Kier molecular flexibility index (Phi) is 6.47. The topological polar surface area (TPSA) is 91.2 Å². The van der Waals surface area contributed by atoms with Gasteiger partial charge in [-0.25, -0.2) is 15.0 Å². The van der Waals surface area contributed by atoms with E-state index in [0.29, 0.717) is 25.5 Å². The summed E-state index contributed by atoms with van der Waals surface area (Å²) in [7, 11) is 1.97. The van der Waals surface area contributed by atoms with Crippen LogP contribution in [0.3, 0.4) is 0 Å². The van der Waals surface area contributed by atoms with Crippen LogP contribution in [-0.2, 0) is 23.0 Å². The predicted molar refractivity (Wildman–Crippen MR) is 147 cm³/mol. The fourth-order valence-electron chi connectivity index (χ4n) is 4.96. The average molecular weight is 508 g/mol. The van der Waals surface area contributed by atoms with E-state index in [1.54, 1.807) is 12.7 Å². The molecule has 0 aliphatic carbocycles. The third kappa shape index (κ3) is 4.95. The summed E-state index contributed by atoms with van der Waals surface area (Å²) < 4.78 is 13.5. The number of rotatable bonds is 7. The maximum absolute atomic E-state index is 12.8. The molecule has 1 N–H and O–H groups in total. The molecule has 0 unspecified atom stereocenters. The molecule has 3 heterocycles. The SMILES string of the molecule is Cc1cc(Nc2ncnc3ccc(CC(=O)C4CCOCC4)cc23)ccc1Oc1ccc2c(c1)ncn2C. The van der Waals surface area contributed by atoms with Gasteiger partial charge < -0.3 is 19.4 Å². The number of carbonyl (C=O) groups excluding carboxylic acids is 1. The second-order valence-electron chi connectivity index (χ2n) is 9.82. The van der Waals surface area contributed by atoms with Crippen LogP contribution < -0.4 is 10.1 Å². The normalized spacial score (nSPS) is 14.2. The number of anilines is 2. The van der Waals surface area contributed by atoms with E-state index in [4.69, 9.17) is 9.47 Å². The van der Waals surface area contributed by atoms with Crippen LogP contribution in [0.5, 0.6) is 11.5 Å². The number of hydrogen-bond acceptors (Lipinski definition) is 7. The van der Waals surface area contributed by atoms with Gasteiger partial charge in [-0.3, -0.25) is 4.79 Å². The van der Waals surface area contributed by atoms with Gasteiger partial charge in [0.15, 0.2) is 0 Å². The molecule has 1 aliphatic rings. The van der Waals surface area contributed by atoms with E-state index in [2.05, 4.69) is 20.3 Å². The molecule has 1 saturated heterocycles. The first-order valence-corrected chi connectivity index (χ1v) is 12.8. The minimum atomic E-state index is 0.0821. The average Bonchev–Trinajstić information content (AvgIpc) is 3.31. The van der Waals surface area contributed by atoms with Crippen LogP contribution in [0.25, 0.3) is 21.9 Å². The second kappa shape index (κ2) is 10.2. The lowest BCUT2D eigenvalue weighted by atomic mass is 9.91. The molecule has 0 radical (unpaired) electrons. The summed E-state index contributed by atoms with van der Waals surface area (Å²) in [5.41, 5.74) is 5.62. The van der Waals surface area contributed by atoms with Gasteiger partial charge in [0.05, 0.1) is 22.9 Å². The predicted octanol–water partition coefficient (Wildman–Crippen LogP) is 5.90. The van der Waals surface area contributed by atoms with E-state index in [1.807, 2.05) is 73.1 Å². The number of nitrogens with one attached hydrogen (secondary N) is 1. The van der Waals surface area contributed by atoms with Crippen molar-refractivity contribution in [1.29, 1.82) is 0 Å². The lowest BCUT2D eigenvalue weighted by Crippen LogP contribution is -2.24. The van der Waals surface area contributed by atoms with E-state index in [9.17, 15) is 4.79 Å². The summed E-state index contributed by atoms with van der Waals surface area (Å²) in [5.74, 6) is 2.56. The first kappa shape index (κ1) is 24.1. The van der Waals surface area contributed by atoms with Gasteiger partial charge in [0, 0.05) is 49.7 Å². The Labute approximate surface area is 220 Å². The van der Waals surface area contributed by atoms with Gasteiger partial charge in [-0.15, -0.1) is 0 Å². The monoisotopic (exact) mass is 507 g/mol. The van der Waals surface area contributed by atoms with Crippen LogP contribution in [-0.4, -0.2) is 38.5 Å². The van der Waals surface area contributed by atoms with Crippen LogP contribution in [0.2, 0.25) is 0 Å². The molecule has 6 rings (SSSR count). The van der Waals surface area contributed by atoms with Gasteiger partial charge in [0.25, 0.3) is 0 Å². The molecule has 2 aromatic heterocycles. The summed E-state index contributed by atoms with van der Waals surface area (Å²) in [5, 5.41) is 4.31. The van der Waals surface area contributed by atoms with Crippen molar-refractivity contribution in [1.82, 2.24) is 19.5 Å². The molecule has 0 atom stereocenters. The lowest BCUT2D eigenvalue weighted by Gasteiger charge is -2.20. The van der Waals surface area contributed by atoms with Crippen LogP contribution in [0.15, 0.2) is 67.3 Å². The van der Waals surface area contributed by atoms with Gasteiger partial charge in [-0.2, -0.15) is 0 Å². The number of carbonyl (C=O) groups is 1. The smallest absolute Gasteiger partial charge is 0.141 e. The number of imidazole rings is 1. The minimum Gasteiger partial charge on any atom is -0.457 e. The Bertz CT molecular complexity index is 1640. The highest BCUT2D eigenvalue weighted by atomic mass is 16.5. The number of hydrogen-bond donors (Lipinski definition) is 1. The highest BCUT2D eigenvalue weighted by Crippen LogP contribution is 2.31. The molecule has 1 fully saturated rings. The molecule has 3 aromatic carbocycles. The fourth-order valence-corrected chi connectivity index (χ4v) is 4.96. The van der Waals surface area contributed by atoms with Crippen molar-refractivity contribution in [2.45, 2.75) is 26.2 Å². The highest BCUT2D eigenvalue weighted by molar-refractivity contribution is 5.92. The van der Waals surface area contributed by atoms with E-state index < -0.39 is 0 Å². The summed E-state index contributed by atoms with van der Waals surface area (Å²) in [6.07, 6.45) is 5.36. The third-order valence-electron chi connectivity index (χ3n) is 7.12. The van der Waals surface area contributed by atoms with E-state index in [-0.39, 0.29) is 11.7 Å². The molecule has 8 heteroatoms. The van der Waals surface area contributed by atoms with Crippen molar-refractivity contribution in [3.63, 3.8) is 0 Å². The molecule has 0 amide bonds. The maximum atomic E-state index is 12.8. The van der Waals surface area contributed by atoms with E-state index >= 15 is 0 Å². The number of ether oxygens (including phenoxy) is 2. The second-order valence-corrected chi connectivity index (χ2v) is 9.82. The molecular formula is C30H29N5O3. The van der Waals surface area contributed by atoms with Crippen LogP contribution in [0, 0.1) is 12.8 Å². The number of Topliss-reactive ketones (excluding diaryl/α,β-unsaturated/α-hetero) is 1. The molecule has 0 bridgehead atoms. The van der Waals surface area contributed by atoms with Gasteiger partial charge in [-0.05, 0) is 73.4 Å². The molecule has 5 aromatic rings. The Hall–Kier alpha value is -4.30. The zero-order valence-corrected chi connectivity index (χ0v) is 21.5. The lowest BCUT2D eigenvalue weighted by molar-refractivity contribution is -0.125. The number of nitrogens with zero attached hydrogens (tertiary/aromatic N) is 4. The highest BCUT2D eigenvalue weighted by Gasteiger charge is 2.21. The molecule has 0 saturated carbocycles. The van der Waals surface area contributed by atoms with Gasteiger partial charge in [0.2, 0.25) is 0 Å². The van der Waals surface area contributed by atoms with Crippen molar-refractivity contribution >= 4 is 39.2 Å². The number of ketones is 1. The molecule has 0 spiro atoms. The van der Waals surface area contributed by atoms with Gasteiger partial charge in [0.1, 0.15) is 29.4 Å². The Morgan fingerprint density at radius 3 is 2.74 bits per heavy atom. The molecule has 1 aliphatic heterocycles. The van der Waals surface area contributed by atoms with Crippen LogP contribution in [0.4, 0.5) is 11.5 Å². The van der Waals surface area contributed by atoms with Crippen molar-refractivity contribution < 1.29 is 14.3 Å². The quantitative estimate of drug-likeness (QED) is 0.293. The first-order chi connectivity index (χ1) is 18.5. The Morgan fingerprint density at radius 2 is 1.89 bits per heavy atom. The molecule has 8 nitrogen and oxygen atoms in total. The van der Waals surface area contributed by atoms with Gasteiger partial charge >= 0.3 is 0 Å². The number of aryl methyl sites for hydroxylation is 2. The first-order valence-electron chi connectivity index (χ1n) is 12.8. The van der Waals surface area contributed by atoms with Crippen LogP contribution >= 0.6 is 0 Å². The van der Waals surface area contributed by atoms with Crippen molar-refractivity contribution in [3.8, 4) is 11.5 Å². The van der Waals surface area contributed by atoms with E-state index in [1.165, 1.54) is 0 Å². The summed E-state index contributed by atoms with van der Waals surface area (Å²) in [4.78, 5) is 26.2. The third-order valence-corrected chi connectivity index (χ3v) is 7.12. The Morgan fingerprint density at radius 1 is 1.03 bits per heavy atom.